The molecular formula is C8H3Cl2NO2S. The van der Waals surface area contributed by atoms with Crippen LogP contribution in [0.2, 0.25) is 4.47 Å². The molecule has 0 aliphatic rings. The monoisotopic (exact) mass is 247 g/mol. The SMILES string of the molecule is O=C(Cl)Oc1ccc2sc(Cl)nc2c1. The number of halogens is 2. The zero-order chi connectivity index (χ0) is 10.1. The molecule has 0 fully saturated rings. The number of benzene rings is 1. The van der Waals surface area contributed by atoms with Crippen LogP contribution in [0.25, 0.3) is 10.2 Å². The van der Waals surface area contributed by atoms with Crippen LogP contribution >= 0.6 is 34.5 Å². The summed E-state index contributed by atoms with van der Waals surface area (Å²) in [5.74, 6) is 0.361. The molecule has 14 heavy (non-hydrogen) atoms. The van der Waals surface area contributed by atoms with Crippen LogP contribution in [0.4, 0.5) is 4.79 Å². The molecule has 0 saturated heterocycles. The van der Waals surface area contributed by atoms with E-state index >= 15 is 0 Å². The molecular weight excluding hydrogens is 245 g/mol. The van der Waals surface area contributed by atoms with Gasteiger partial charge in [0.15, 0.2) is 4.47 Å². The van der Waals surface area contributed by atoms with Crippen molar-refractivity contribution in [2.24, 2.45) is 0 Å². The summed E-state index contributed by atoms with van der Waals surface area (Å²) in [4.78, 5) is 14.5. The van der Waals surface area contributed by atoms with Gasteiger partial charge in [-0.2, -0.15) is 0 Å². The maximum Gasteiger partial charge on any atom is 0.409 e. The lowest BCUT2D eigenvalue weighted by molar-refractivity contribution is 0.225. The Morgan fingerprint density at radius 3 is 3.00 bits per heavy atom. The summed E-state index contributed by atoms with van der Waals surface area (Å²) in [6, 6.07) is 5.02. The number of hydrogen-bond acceptors (Lipinski definition) is 4. The second kappa shape index (κ2) is 3.73. The number of ether oxygens (including phenoxy) is 1. The summed E-state index contributed by atoms with van der Waals surface area (Å²) in [5, 5.41) is 0. The van der Waals surface area contributed by atoms with Gasteiger partial charge in [0, 0.05) is 17.7 Å². The van der Waals surface area contributed by atoms with E-state index in [4.69, 9.17) is 23.2 Å². The van der Waals surface area contributed by atoms with Gasteiger partial charge in [0.1, 0.15) is 5.75 Å². The van der Waals surface area contributed by atoms with E-state index in [2.05, 4.69) is 9.72 Å². The molecule has 0 spiro atoms. The molecule has 0 aliphatic heterocycles. The summed E-state index contributed by atoms with van der Waals surface area (Å²) in [6.07, 6.45) is 0. The minimum absolute atomic E-state index is 0.361. The number of carbonyl (C=O) groups excluding carboxylic acids is 1. The molecule has 2 aromatic rings. The van der Waals surface area contributed by atoms with Crippen molar-refractivity contribution in [3.8, 4) is 5.75 Å². The lowest BCUT2D eigenvalue weighted by Gasteiger charge is -1.97. The van der Waals surface area contributed by atoms with E-state index in [1.165, 1.54) is 11.3 Å². The van der Waals surface area contributed by atoms with Gasteiger partial charge in [0.2, 0.25) is 0 Å². The molecule has 72 valence electrons. The third-order valence-corrected chi connectivity index (χ3v) is 2.75. The lowest BCUT2D eigenvalue weighted by atomic mass is 10.3. The predicted molar refractivity (Wildman–Crippen MR) is 56.5 cm³/mol. The Balaban J connectivity index is 2.45. The highest BCUT2D eigenvalue weighted by Crippen LogP contribution is 2.28. The van der Waals surface area contributed by atoms with Crippen LogP contribution in [0.1, 0.15) is 0 Å². The van der Waals surface area contributed by atoms with Crippen molar-refractivity contribution >= 4 is 50.2 Å². The number of carbonyl (C=O) groups is 1. The van der Waals surface area contributed by atoms with Gasteiger partial charge in [-0.15, -0.1) is 11.3 Å². The van der Waals surface area contributed by atoms with E-state index in [1.807, 2.05) is 0 Å². The quantitative estimate of drug-likeness (QED) is 0.722. The number of hydrogen-bond donors (Lipinski definition) is 0. The fourth-order valence-electron chi connectivity index (χ4n) is 1.04. The summed E-state index contributed by atoms with van der Waals surface area (Å²) < 4.78 is 6.07. The molecule has 0 amide bonds. The molecule has 0 saturated carbocycles. The molecule has 0 N–H and O–H groups in total. The number of nitrogens with zero attached hydrogens (tertiary/aromatic N) is 1. The van der Waals surface area contributed by atoms with Gasteiger partial charge >= 0.3 is 5.43 Å². The molecule has 3 nitrogen and oxygen atoms in total. The molecule has 1 aromatic carbocycles. The van der Waals surface area contributed by atoms with Gasteiger partial charge in [-0.05, 0) is 12.1 Å². The van der Waals surface area contributed by atoms with E-state index in [0.29, 0.717) is 15.7 Å². The molecule has 0 atom stereocenters. The van der Waals surface area contributed by atoms with Crippen LogP contribution < -0.4 is 4.74 Å². The minimum Gasteiger partial charge on any atom is -0.414 e. The van der Waals surface area contributed by atoms with E-state index in [1.54, 1.807) is 18.2 Å². The van der Waals surface area contributed by atoms with E-state index in [-0.39, 0.29) is 0 Å². The van der Waals surface area contributed by atoms with Crippen LogP contribution in [0.15, 0.2) is 18.2 Å². The van der Waals surface area contributed by atoms with E-state index in [9.17, 15) is 4.79 Å². The molecule has 0 radical (unpaired) electrons. The average molecular weight is 248 g/mol. The van der Waals surface area contributed by atoms with Crippen molar-refractivity contribution in [3.63, 3.8) is 0 Å². The zero-order valence-electron chi connectivity index (χ0n) is 6.66. The molecule has 1 aromatic heterocycles. The first-order chi connectivity index (χ1) is 6.65. The topological polar surface area (TPSA) is 39.2 Å². The Bertz CT molecular complexity index is 497. The molecule has 2 rings (SSSR count). The van der Waals surface area contributed by atoms with Gasteiger partial charge in [0.25, 0.3) is 0 Å². The van der Waals surface area contributed by atoms with E-state index < -0.39 is 5.43 Å². The van der Waals surface area contributed by atoms with Crippen molar-refractivity contribution in [2.75, 3.05) is 0 Å². The summed E-state index contributed by atoms with van der Waals surface area (Å²) >= 11 is 12.1. The Hall–Kier alpha value is -0.840. The van der Waals surface area contributed by atoms with E-state index in [0.717, 1.165) is 4.70 Å². The highest BCUT2D eigenvalue weighted by atomic mass is 35.5. The third kappa shape index (κ3) is 1.97. The first kappa shape index (κ1) is 9.71. The largest absolute Gasteiger partial charge is 0.414 e. The third-order valence-electron chi connectivity index (χ3n) is 1.53. The zero-order valence-corrected chi connectivity index (χ0v) is 8.99. The van der Waals surface area contributed by atoms with Crippen molar-refractivity contribution in [1.29, 1.82) is 0 Å². The second-order valence-corrected chi connectivity index (χ2v) is 4.36. The number of aromatic nitrogens is 1. The van der Waals surface area contributed by atoms with Gasteiger partial charge in [-0.3, -0.25) is 0 Å². The van der Waals surface area contributed by atoms with Crippen LogP contribution in [0, 0.1) is 0 Å². The van der Waals surface area contributed by atoms with Gasteiger partial charge in [-0.1, -0.05) is 11.6 Å². The van der Waals surface area contributed by atoms with Gasteiger partial charge < -0.3 is 4.74 Å². The van der Waals surface area contributed by atoms with Crippen LogP contribution in [-0.4, -0.2) is 10.4 Å². The minimum atomic E-state index is -0.870. The lowest BCUT2D eigenvalue weighted by Crippen LogP contribution is -1.95. The maximum atomic E-state index is 10.5. The Kier molecular flexibility index (Phi) is 2.58. The molecule has 0 unspecified atom stereocenters. The molecule has 0 bridgehead atoms. The van der Waals surface area contributed by atoms with Crippen molar-refractivity contribution < 1.29 is 9.53 Å². The standard InChI is InChI=1S/C8H3Cl2NO2S/c9-7-11-5-3-4(13-8(10)12)1-2-6(5)14-7/h1-3H. The Morgan fingerprint density at radius 2 is 2.29 bits per heavy atom. The first-order valence-electron chi connectivity index (χ1n) is 3.58. The number of rotatable bonds is 1. The van der Waals surface area contributed by atoms with Crippen LogP contribution in [0.3, 0.4) is 0 Å². The van der Waals surface area contributed by atoms with Crippen LogP contribution in [0.5, 0.6) is 5.75 Å². The fraction of sp³-hybridized carbons (Fsp3) is 0. The Morgan fingerprint density at radius 1 is 1.50 bits per heavy atom. The van der Waals surface area contributed by atoms with Crippen molar-refractivity contribution in [2.45, 2.75) is 0 Å². The normalized spacial score (nSPS) is 10.4. The fourth-order valence-corrected chi connectivity index (χ4v) is 2.14. The highest BCUT2D eigenvalue weighted by Gasteiger charge is 2.05. The molecule has 1 heterocycles. The Labute approximate surface area is 93.2 Å². The first-order valence-corrected chi connectivity index (χ1v) is 5.16. The van der Waals surface area contributed by atoms with Crippen molar-refractivity contribution in [3.05, 3.63) is 22.7 Å². The van der Waals surface area contributed by atoms with Gasteiger partial charge in [0.05, 0.1) is 10.2 Å². The van der Waals surface area contributed by atoms with Crippen molar-refractivity contribution in [1.82, 2.24) is 4.98 Å². The highest BCUT2D eigenvalue weighted by molar-refractivity contribution is 7.22. The summed E-state index contributed by atoms with van der Waals surface area (Å²) in [6.45, 7) is 0. The smallest absolute Gasteiger partial charge is 0.409 e. The molecule has 0 aliphatic carbocycles. The number of fused-ring (bicyclic) bond motifs is 1. The predicted octanol–water partition coefficient (Wildman–Crippen LogP) is 3.69. The maximum absolute atomic E-state index is 10.5. The van der Waals surface area contributed by atoms with Crippen LogP contribution in [-0.2, 0) is 0 Å². The average Bonchev–Trinajstić information content (AvgIpc) is 2.42. The second-order valence-electron chi connectivity index (χ2n) is 2.44. The molecule has 6 heteroatoms. The summed E-state index contributed by atoms with van der Waals surface area (Å²) in [5.41, 5.74) is -0.180. The van der Waals surface area contributed by atoms with Gasteiger partial charge in [-0.25, -0.2) is 9.78 Å². The number of thiazole rings is 1. The summed E-state index contributed by atoms with van der Waals surface area (Å²) in [7, 11) is 0.